The molecule has 1 unspecified atom stereocenters. The average Bonchev–Trinajstić information content (AvgIpc) is 1.99. The zero-order chi connectivity index (χ0) is 11.5. The number of aliphatic imine (C=N–C) groups is 1. The first-order chi connectivity index (χ1) is 6.91. The molecule has 0 spiro atoms. The molecule has 5 heteroatoms. The summed E-state index contributed by atoms with van der Waals surface area (Å²) >= 11 is 4.16. The number of hydrogen-bond donors (Lipinski definition) is 1. The fourth-order valence-electron chi connectivity index (χ4n) is 1.16. The molecule has 0 saturated carbocycles. The maximum absolute atomic E-state index is 12.4. The maximum Gasteiger partial charge on any atom is 0.429 e. The van der Waals surface area contributed by atoms with E-state index in [4.69, 9.17) is 0 Å². The molecule has 0 fully saturated rings. The summed E-state index contributed by atoms with van der Waals surface area (Å²) in [6.07, 6.45) is 0.705. The lowest BCUT2D eigenvalue weighted by atomic mass is 10.1. The Morgan fingerprint density at radius 2 is 2.13 bits per heavy atom. The van der Waals surface area contributed by atoms with Gasteiger partial charge in [0.25, 0.3) is 0 Å². The van der Waals surface area contributed by atoms with E-state index in [0.717, 1.165) is 0 Å². The van der Waals surface area contributed by atoms with Crippen LogP contribution >= 0.6 is 12.6 Å². The van der Waals surface area contributed by atoms with Gasteiger partial charge in [0.2, 0.25) is 0 Å². The molecule has 0 radical (unpaired) electrons. The van der Waals surface area contributed by atoms with Gasteiger partial charge >= 0.3 is 6.18 Å². The van der Waals surface area contributed by atoms with Crippen molar-refractivity contribution in [2.75, 3.05) is 0 Å². The van der Waals surface area contributed by atoms with Gasteiger partial charge < -0.3 is 0 Å². The molecule has 1 nitrogen and oxygen atoms in total. The van der Waals surface area contributed by atoms with Gasteiger partial charge in [-0.2, -0.15) is 25.8 Å². The highest BCUT2D eigenvalue weighted by molar-refractivity contribution is 7.81. The van der Waals surface area contributed by atoms with Gasteiger partial charge in [-0.15, -0.1) is 0 Å². The zero-order valence-corrected chi connectivity index (χ0v) is 9.15. The highest BCUT2D eigenvalue weighted by atomic mass is 32.1. The minimum atomic E-state index is -4.33. The Balaban J connectivity index is 2.96. The van der Waals surface area contributed by atoms with Crippen molar-refractivity contribution in [3.05, 3.63) is 23.9 Å². The molecular weight excluding hydrogens is 223 g/mol. The maximum atomic E-state index is 12.4. The number of nitrogens with zero attached hydrogens (tertiary/aromatic N) is 1. The van der Waals surface area contributed by atoms with Gasteiger partial charge in [-0.25, -0.2) is 0 Å². The molecule has 1 aliphatic heterocycles. The first kappa shape index (κ1) is 12.4. The Hall–Kier alpha value is -0.710. The first-order valence-electron chi connectivity index (χ1n) is 4.60. The molecule has 0 aromatic heterocycles. The second-order valence-corrected chi connectivity index (χ2v) is 4.09. The van der Waals surface area contributed by atoms with Crippen LogP contribution in [0.25, 0.3) is 0 Å². The standard InChI is InChI=1S/C10H12F3NS/c1-7(15)8-4-2-3-5-9(14-6-8)10(11,12)13/h2,4,6-7,15H,3,5H2,1H3. The van der Waals surface area contributed by atoms with Crippen LogP contribution in [-0.4, -0.2) is 17.1 Å². The van der Waals surface area contributed by atoms with E-state index in [-0.39, 0.29) is 11.7 Å². The van der Waals surface area contributed by atoms with Crippen LogP contribution in [0, 0.1) is 0 Å². The minimum Gasteiger partial charge on any atom is -0.256 e. The molecule has 1 atom stereocenters. The first-order valence-corrected chi connectivity index (χ1v) is 5.11. The second kappa shape index (κ2) is 4.88. The predicted octanol–water partition coefficient (Wildman–Crippen LogP) is 3.54. The molecule has 0 amide bonds. The highest BCUT2D eigenvalue weighted by Gasteiger charge is 2.34. The monoisotopic (exact) mass is 235 g/mol. The molecule has 0 aromatic rings. The van der Waals surface area contributed by atoms with E-state index in [2.05, 4.69) is 17.6 Å². The summed E-state index contributed by atoms with van der Waals surface area (Å²) in [4.78, 5) is 3.49. The third kappa shape index (κ3) is 3.74. The molecule has 0 aliphatic carbocycles. The lowest BCUT2D eigenvalue weighted by Crippen LogP contribution is -2.22. The van der Waals surface area contributed by atoms with Gasteiger partial charge in [0, 0.05) is 11.4 Å². The van der Waals surface area contributed by atoms with E-state index >= 15 is 0 Å². The van der Waals surface area contributed by atoms with Crippen LogP contribution in [0.15, 0.2) is 28.9 Å². The van der Waals surface area contributed by atoms with E-state index < -0.39 is 11.9 Å². The number of allylic oxidation sites excluding steroid dienone is 2. The molecule has 0 aromatic carbocycles. The summed E-state index contributed by atoms with van der Waals surface area (Å²) in [7, 11) is 0. The minimum absolute atomic E-state index is 0.0647. The van der Waals surface area contributed by atoms with Gasteiger partial charge in [-0.1, -0.05) is 12.2 Å². The van der Waals surface area contributed by atoms with E-state index in [1.165, 1.54) is 6.20 Å². The van der Waals surface area contributed by atoms with Gasteiger partial charge in [0.1, 0.15) is 5.71 Å². The highest BCUT2D eigenvalue weighted by Crippen LogP contribution is 2.23. The van der Waals surface area contributed by atoms with Crippen molar-refractivity contribution in [1.29, 1.82) is 0 Å². The molecule has 84 valence electrons. The number of rotatable bonds is 1. The van der Waals surface area contributed by atoms with Crippen molar-refractivity contribution in [1.82, 2.24) is 0 Å². The Labute approximate surface area is 92.2 Å². The Morgan fingerprint density at radius 3 is 2.67 bits per heavy atom. The van der Waals surface area contributed by atoms with Crippen LogP contribution in [0.2, 0.25) is 0 Å². The van der Waals surface area contributed by atoms with Crippen molar-refractivity contribution < 1.29 is 13.2 Å². The molecular formula is C10H12F3NS. The fourth-order valence-corrected chi connectivity index (χ4v) is 1.31. The van der Waals surface area contributed by atoms with Gasteiger partial charge in [0.15, 0.2) is 0 Å². The van der Waals surface area contributed by atoms with Crippen LogP contribution < -0.4 is 0 Å². The van der Waals surface area contributed by atoms with Crippen molar-refractivity contribution in [2.24, 2.45) is 4.99 Å². The summed E-state index contributed by atoms with van der Waals surface area (Å²) in [5.74, 6) is 0. The van der Waals surface area contributed by atoms with Gasteiger partial charge in [-0.3, -0.25) is 4.99 Å². The van der Waals surface area contributed by atoms with Crippen molar-refractivity contribution in [3.63, 3.8) is 0 Å². The van der Waals surface area contributed by atoms with E-state index in [0.29, 0.717) is 12.0 Å². The molecule has 0 bridgehead atoms. The number of alkyl halides is 3. The summed E-state index contributed by atoms with van der Waals surface area (Å²) in [5.41, 5.74) is -0.0295. The van der Waals surface area contributed by atoms with Crippen LogP contribution in [0.3, 0.4) is 0 Å². The Kier molecular flexibility index (Phi) is 4.02. The average molecular weight is 235 g/mol. The van der Waals surface area contributed by atoms with Crippen LogP contribution in [0.5, 0.6) is 0 Å². The number of halogens is 3. The summed E-state index contributed by atoms with van der Waals surface area (Å²) < 4.78 is 37.1. The van der Waals surface area contributed by atoms with Gasteiger partial charge in [-0.05, 0) is 25.3 Å². The van der Waals surface area contributed by atoms with E-state index in [1.807, 2.05) is 0 Å². The Bertz CT molecular complexity index is 313. The molecule has 0 N–H and O–H groups in total. The molecule has 1 aliphatic rings. The number of hydrogen-bond acceptors (Lipinski definition) is 2. The van der Waals surface area contributed by atoms with Gasteiger partial charge in [0.05, 0.1) is 0 Å². The van der Waals surface area contributed by atoms with E-state index in [9.17, 15) is 13.2 Å². The number of thiol groups is 1. The smallest absolute Gasteiger partial charge is 0.256 e. The second-order valence-electron chi connectivity index (χ2n) is 3.32. The van der Waals surface area contributed by atoms with E-state index in [1.54, 1.807) is 19.1 Å². The quantitative estimate of drug-likeness (QED) is 0.667. The van der Waals surface area contributed by atoms with Crippen molar-refractivity contribution >= 4 is 18.3 Å². The lowest BCUT2D eigenvalue weighted by Gasteiger charge is -2.11. The molecule has 1 rings (SSSR count). The Morgan fingerprint density at radius 1 is 1.47 bits per heavy atom. The molecule has 0 saturated heterocycles. The molecule has 1 heterocycles. The van der Waals surface area contributed by atoms with Crippen LogP contribution in [0.1, 0.15) is 19.8 Å². The van der Waals surface area contributed by atoms with Crippen molar-refractivity contribution in [3.8, 4) is 0 Å². The third-order valence-corrected chi connectivity index (χ3v) is 2.34. The molecule has 15 heavy (non-hydrogen) atoms. The third-order valence-electron chi connectivity index (χ3n) is 2.04. The van der Waals surface area contributed by atoms with Crippen molar-refractivity contribution in [2.45, 2.75) is 31.2 Å². The fraction of sp³-hybridized carbons (Fsp3) is 0.500. The summed E-state index contributed by atoms with van der Waals surface area (Å²) in [6.45, 7) is 1.80. The topological polar surface area (TPSA) is 12.4 Å². The largest absolute Gasteiger partial charge is 0.429 e. The predicted molar refractivity (Wildman–Crippen MR) is 58.4 cm³/mol. The lowest BCUT2D eigenvalue weighted by molar-refractivity contribution is -0.0604. The zero-order valence-electron chi connectivity index (χ0n) is 8.25. The summed E-state index contributed by atoms with van der Waals surface area (Å²) in [5, 5.41) is -0.113. The summed E-state index contributed by atoms with van der Waals surface area (Å²) in [6, 6.07) is 0. The van der Waals surface area contributed by atoms with Crippen LogP contribution in [0.4, 0.5) is 13.2 Å². The van der Waals surface area contributed by atoms with Crippen LogP contribution in [-0.2, 0) is 0 Å². The normalized spacial score (nSPS) is 20.1. The SMILES string of the molecule is CC(S)C1=CN=C(C(F)(F)F)CCC=C1.